The number of phenols is 1. The second-order valence-corrected chi connectivity index (χ2v) is 6.94. The maximum absolute atomic E-state index is 15.3. The highest BCUT2D eigenvalue weighted by Crippen LogP contribution is 2.42. The number of benzene rings is 2. The summed E-state index contributed by atoms with van der Waals surface area (Å²) in [6.07, 6.45) is 0.184. The molecule has 150 valence electrons. The Hall–Kier alpha value is -3.20. The fourth-order valence-electron chi connectivity index (χ4n) is 3.47. The molecule has 0 bridgehead atoms. The molecule has 2 N–H and O–H groups in total. The van der Waals surface area contributed by atoms with Gasteiger partial charge >= 0.3 is 6.09 Å². The van der Waals surface area contributed by atoms with Crippen LogP contribution in [0, 0.1) is 11.6 Å². The van der Waals surface area contributed by atoms with Crippen LogP contribution < -0.4 is 4.90 Å². The second kappa shape index (κ2) is 7.32. The van der Waals surface area contributed by atoms with Gasteiger partial charge < -0.3 is 20.0 Å². The molecular formula is C19H15ClF2N4O3. The van der Waals surface area contributed by atoms with Crippen LogP contribution in [-0.4, -0.2) is 57.4 Å². The minimum absolute atomic E-state index is 0.0716. The van der Waals surface area contributed by atoms with Crippen molar-refractivity contribution in [3.8, 4) is 16.9 Å². The standard InChI is InChI=1S/C19H15ClF2N4O3/c20-11-8-10-17(16(22)14(11)15-12(21)2-1-3-13(15)27)23-9-24-18(10)25-4-6-26(7-5-25)19(28)29/h1-3,8-9,27H,4-7H2,(H,28,29). The van der Waals surface area contributed by atoms with Crippen LogP contribution in [-0.2, 0) is 0 Å². The Labute approximate surface area is 168 Å². The third kappa shape index (κ3) is 3.27. The van der Waals surface area contributed by atoms with E-state index in [1.54, 1.807) is 0 Å². The number of aromatic hydroxyl groups is 1. The molecule has 1 amide bonds. The van der Waals surface area contributed by atoms with Crippen LogP contribution in [0.15, 0.2) is 30.6 Å². The monoisotopic (exact) mass is 420 g/mol. The van der Waals surface area contributed by atoms with Gasteiger partial charge in [-0.3, -0.25) is 0 Å². The van der Waals surface area contributed by atoms with Crippen molar-refractivity contribution in [2.24, 2.45) is 0 Å². The molecule has 1 saturated heterocycles. The largest absolute Gasteiger partial charge is 0.507 e. The van der Waals surface area contributed by atoms with E-state index in [9.17, 15) is 14.3 Å². The fourth-order valence-corrected chi connectivity index (χ4v) is 3.75. The van der Waals surface area contributed by atoms with Gasteiger partial charge in [0, 0.05) is 37.1 Å². The Bertz CT molecular complexity index is 1100. The third-order valence-corrected chi connectivity index (χ3v) is 5.19. The molecule has 1 fully saturated rings. The Morgan fingerprint density at radius 3 is 2.48 bits per heavy atom. The van der Waals surface area contributed by atoms with Gasteiger partial charge in [-0.15, -0.1) is 0 Å². The minimum atomic E-state index is -0.999. The molecule has 0 unspecified atom stereocenters. The maximum atomic E-state index is 15.3. The summed E-state index contributed by atoms with van der Waals surface area (Å²) in [4.78, 5) is 22.4. The molecule has 1 aliphatic rings. The lowest BCUT2D eigenvalue weighted by molar-refractivity contribution is 0.142. The molecule has 1 aliphatic heterocycles. The number of carboxylic acid groups (broad SMARTS) is 1. The first-order valence-corrected chi connectivity index (χ1v) is 9.09. The van der Waals surface area contributed by atoms with Crippen molar-refractivity contribution < 1.29 is 23.8 Å². The molecule has 2 heterocycles. The van der Waals surface area contributed by atoms with Gasteiger partial charge in [-0.05, 0) is 18.2 Å². The van der Waals surface area contributed by atoms with Crippen molar-refractivity contribution in [2.75, 3.05) is 31.1 Å². The van der Waals surface area contributed by atoms with Crippen LogP contribution in [0.3, 0.4) is 0 Å². The number of phenolic OH excluding ortho intramolecular Hbond substituents is 1. The van der Waals surface area contributed by atoms with Gasteiger partial charge in [0.25, 0.3) is 0 Å². The second-order valence-electron chi connectivity index (χ2n) is 6.53. The average Bonchev–Trinajstić information content (AvgIpc) is 2.70. The highest BCUT2D eigenvalue weighted by Gasteiger charge is 2.26. The number of piperazine rings is 1. The number of hydrogen-bond acceptors (Lipinski definition) is 5. The zero-order valence-electron chi connectivity index (χ0n) is 14.9. The number of carbonyl (C=O) groups is 1. The van der Waals surface area contributed by atoms with Crippen LogP contribution in [0.4, 0.5) is 19.4 Å². The molecule has 29 heavy (non-hydrogen) atoms. The number of amides is 1. The number of anilines is 1. The number of aromatic nitrogens is 2. The Kier molecular flexibility index (Phi) is 4.83. The summed E-state index contributed by atoms with van der Waals surface area (Å²) in [6.45, 7) is 1.29. The third-order valence-electron chi connectivity index (χ3n) is 4.89. The predicted molar refractivity (Wildman–Crippen MR) is 103 cm³/mol. The Balaban J connectivity index is 1.83. The van der Waals surface area contributed by atoms with Gasteiger partial charge in [-0.1, -0.05) is 17.7 Å². The van der Waals surface area contributed by atoms with Gasteiger partial charge in [0.15, 0.2) is 5.82 Å². The summed E-state index contributed by atoms with van der Waals surface area (Å²) in [6, 6.07) is 5.08. The van der Waals surface area contributed by atoms with E-state index in [0.29, 0.717) is 24.3 Å². The summed E-state index contributed by atoms with van der Waals surface area (Å²) < 4.78 is 29.6. The average molecular weight is 421 g/mol. The smallest absolute Gasteiger partial charge is 0.407 e. The van der Waals surface area contributed by atoms with E-state index in [2.05, 4.69) is 9.97 Å². The van der Waals surface area contributed by atoms with Crippen LogP contribution >= 0.6 is 11.6 Å². The molecule has 0 aliphatic carbocycles. The lowest BCUT2D eigenvalue weighted by atomic mass is 10.0. The predicted octanol–water partition coefficient (Wildman–Crippen LogP) is 3.73. The van der Waals surface area contributed by atoms with Crippen molar-refractivity contribution in [1.29, 1.82) is 0 Å². The zero-order chi connectivity index (χ0) is 20.7. The minimum Gasteiger partial charge on any atom is -0.507 e. The lowest BCUT2D eigenvalue weighted by Gasteiger charge is -2.34. The molecule has 0 radical (unpaired) electrons. The maximum Gasteiger partial charge on any atom is 0.407 e. The molecule has 2 aromatic carbocycles. The van der Waals surface area contributed by atoms with E-state index in [4.69, 9.17) is 16.7 Å². The Morgan fingerprint density at radius 1 is 1.10 bits per heavy atom. The van der Waals surface area contributed by atoms with Crippen molar-refractivity contribution >= 4 is 34.4 Å². The van der Waals surface area contributed by atoms with Crippen molar-refractivity contribution in [2.45, 2.75) is 0 Å². The van der Waals surface area contributed by atoms with E-state index < -0.39 is 23.5 Å². The van der Waals surface area contributed by atoms with E-state index in [-0.39, 0.29) is 34.8 Å². The fraction of sp³-hybridized carbons (Fsp3) is 0.211. The number of hydrogen-bond donors (Lipinski definition) is 2. The summed E-state index contributed by atoms with van der Waals surface area (Å²) in [7, 11) is 0. The van der Waals surface area contributed by atoms with Gasteiger partial charge in [0.2, 0.25) is 0 Å². The van der Waals surface area contributed by atoms with E-state index in [0.717, 1.165) is 6.07 Å². The summed E-state index contributed by atoms with van der Waals surface area (Å²) >= 11 is 6.28. The number of halogens is 3. The summed E-state index contributed by atoms with van der Waals surface area (Å²) in [5, 5.41) is 19.3. The van der Waals surface area contributed by atoms with E-state index >= 15 is 4.39 Å². The SMILES string of the molecule is O=C(O)N1CCN(c2ncnc3c(F)c(-c4c(O)cccc4F)c(Cl)cc23)CC1. The summed E-state index contributed by atoms with van der Waals surface area (Å²) in [5.74, 6) is -1.72. The van der Waals surface area contributed by atoms with Gasteiger partial charge in [0.1, 0.15) is 29.2 Å². The highest BCUT2D eigenvalue weighted by molar-refractivity contribution is 6.34. The Morgan fingerprint density at radius 2 is 1.83 bits per heavy atom. The van der Waals surface area contributed by atoms with Crippen molar-refractivity contribution in [3.63, 3.8) is 0 Å². The number of nitrogens with zero attached hydrogens (tertiary/aromatic N) is 4. The van der Waals surface area contributed by atoms with Crippen LogP contribution in [0.5, 0.6) is 5.75 Å². The number of rotatable bonds is 2. The lowest BCUT2D eigenvalue weighted by Crippen LogP contribution is -2.48. The van der Waals surface area contributed by atoms with Crippen LogP contribution in [0.25, 0.3) is 22.0 Å². The summed E-state index contributed by atoms with van der Waals surface area (Å²) in [5.41, 5.74) is -0.694. The highest BCUT2D eigenvalue weighted by atomic mass is 35.5. The number of fused-ring (bicyclic) bond motifs is 1. The molecule has 0 atom stereocenters. The first-order chi connectivity index (χ1) is 13.9. The molecular weight excluding hydrogens is 406 g/mol. The molecule has 3 aromatic rings. The normalized spacial score (nSPS) is 14.4. The van der Waals surface area contributed by atoms with Crippen LogP contribution in [0.1, 0.15) is 0 Å². The van der Waals surface area contributed by atoms with Crippen LogP contribution in [0.2, 0.25) is 5.02 Å². The molecule has 7 nitrogen and oxygen atoms in total. The van der Waals surface area contributed by atoms with Gasteiger partial charge in [-0.2, -0.15) is 0 Å². The first-order valence-electron chi connectivity index (χ1n) is 8.72. The van der Waals surface area contributed by atoms with Crippen molar-refractivity contribution in [1.82, 2.24) is 14.9 Å². The molecule has 10 heteroatoms. The topological polar surface area (TPSA) is 89.8 Å². The first kappa shape index (κ1) is 19.1. The molecule has 0 spiro atoms. The molecule has 0 saturated carbocycles. The molecule has 4 rings (SSSR count). The van der Waals surface area contributed by atoms with Gasteiger partial charge in [0.05, 0.1) is 10.6 Å². The van der Waals surface area contributed by atoms with E-state index in [1.807, 2.05) is 4.90 Å². The van der Waals surface area contributed by atoms with Gasteiger partial charge in [-0.25, -0.2) is 23.5 Å². The van der Waals surface area contributed by atoms with E-state index in [1.165, 1.54) is 29.4 Å². The molecule has 1 aromatic heterocycles. The quantitative estimate of drug-likeness (QED) is 0.656. The van der Waals surface area contributed by atoms with Crippen molar-refractivity contribution in [3.05, 3.63) is 47.2 Å². The zero-order valence-corrected chi connectivity index (χ0v) is 15.7.